The molecule has 102 valence electrons. The summed E-state index contributed by atoms with van der Waals surface area (Å²) >= 11 is 6.05. The van der Waals surface area contributed by atoms with E-state index < -0.39 is 0 Å². The third-order valence-electron chi connectivity index (χ3n) is 2.97. The highest BCUT2D eigenvalue weighted by molar-refractivity contribution is 6.32. The number of hydrogen-bond donors (Lipinski definition) is 0. The van der Waals surface area contributed by atoms with Crippen LogP contribution in [-0.4, -0.2) is 19.9 Å². The van der Waals surface area contributed by atoms with Crippen LogP contribution in [0.2, 0.25) is 5.02 Å². The number of ketones is 1. The Morgan fingerprint density at radius 3 is 2.55 bits per heavy atom. The molecule has 0 amide bonds. The molecule has 3 heteroatoms. The van der Waals surface area contributed by atoms with Gasteiger partial charge in [0.2, 0.25) is 0 Å². The number of nitrogens with zero attached hydrogens (tertiary/aromatic N) is 1. The molecule has 0 saturated carbocycles. The average Bonchev–Trinajstić information content (AvgIpc) is 2.46. The minimum atomic E-state index is -0.0337. The van der Waals surface area contributed by atoms with Crippen molar-refractivity contribution in [2.45, 2.75) is 0 Å². The van der Waals surface area contributed by atoms with Crippen molar-refractivity contribution in [2.75, 3.05) is 19.0 Å². The number of carbonyl (C=O) groups is 1. The molecule has 20 heavy (non-hydrogen) atoms. The summed E-state index contributed by atoms with van der Waals surface area (Å²) < 4.78 is 0. The fraction of sp³-hybridized carbons (Fsp3) is 0.118. The van der Waals surface area contributed by atoms with E-state index in [1.165, 1.54) is 0 Å². The topological polar surface area (TPSA) is 20.3 Å². The standard InChI is InChI=1S/C17H16ClNO/c1-19(2)15-8-5-7-14(12-15)17(20)11-10-13-6-3-4-9-16(13)18/h3-12H,1-2H3. The largest absolute Gasteiger partial charge is 0.378 e. The molecule has 0 saturated heterocycles. The molecular formula is C17H16ClNO. The van der Waals surface area contributed by atoms with Gasteiger partial charge in [0, 0.05) is 30.4 Å². The number of carbonyl (C=O) groups excluding carboxylic acids is 1. The predicted molar refractivity (Wildman–Crippen MR) is 85.6 cm³/mol. The number of benzene rings is 2. The van der Waals surface area contributed by atoms with Crippen molar-refractivity contribution in [3.63, 3.8) is 0 Å². The van der Waals surface area contributed by atoms with Crippen molar-refractivity contribution in [1.82, 2.24) is 0 Å². The molecule has 0 unspecified atom stereocenters. The van der Waals surface area contributed by atoms with Gasteiger partial charge < -0.3 is 4.90 Å². The summed E-state index contributed by atoms with van der Waals surface area (Å²) in [5.74, 6) is -0.0337. The second kappa shape index (κ2) is 6.40. The summed E-state index contributed by atoms with van der Waals surface area (Å²) in [6.45, 7) is 0. The lowest BCUT2D eigenvalue weighted by Gasteiger charge is -2.12. The van der Waals surface area contributed by atoms with E-state index >= 15 is 0 Å². The zero-order valence-electron chi connectivity index (χ0n) is 11.5. The molecule has 2 aromatic rings. The van der Waals surface area contributed by atoms with Crippen LogP contribution >= 0.6 is 11.6 Å². The van der Waals surface area contributed by atoms with Gasteiger partial charge in [-0.15, -0.1) is 0 Å². The SMILES string of the molecule is CN(C)c1cccc(C(=O)C=Cc2ccccc2Cl)c1. The molecule has 0 aromatic heterocycles. The van der Waals surface area contributed by atoms with Crippen molar-refractivity contribution in [3.8, 4) is 0 Å². The van der Waals surface area contributed by atoms with E-state index in [1.54, 1.807) is 18.2 Å². The molecule has 2 aromatic carbocycles. The fourth-order valence-electron chi connectivity index (χ4n) is 1.81. The Morgan fingerprint density at radius 1 is 1.10 bits per heavy atom. The summed E-state index contributed by atoms with van der Waals surface area (Å²) in [4.78, 5) is 14.1. The van der Waals surface area contributed by atoms with Gasteiger partial charge in [-0.25, -0.2) is 0 Å². The van der Waals surface area contributed by atoms with Crippen molar-refractivity contribution >= 4 is 29.1 Å². The van der Waals surface area contributed by atoms with Crippen LogP contribution in [0.1, 0.15) is 15.9 Å². The van der Waals surface area contributed by atoms with E-state index in [9.17, 15) is 4.79 Å². The zero-order chi connectivity index (χ0) is 14.5. The maximum atomic E-state index is 12.2. The predicted octanol–water partition coefficient (Wildman–Crippen LogP) is 4.30. The second-order valence-corrected chi connectivity index (χ2v) is 5.07. The highest BCUT2D eigenvalue weighted by Gasteiger charge is 2.04. The lowest BCUT2D eigenvalue weighted by Crippen LogP contribution is -2.09. The quantitative estimate of drug-likeness (QED) is 0.616. The Balaban J connectivity index is 2.20. The van der Waals surface area contributed by atoms with Gasteiger partial charge in [0.15, 0.2) is 5.78 Å². The first-order chi connectivity index (χ1) is 9.58. The first kappa shape index (κ1) is 14.4. The lowest BCUT2D eigenvalue weighted by molar-refractivity contribution is 0.104. The van der Waals surface area contributed by atoms with Gasteiger partial charge in [0.1, 0.15) is 0 Å². The van der Waals surface area contributed by atoms with Crippen LogP contribution < -0.4 is 4.90 Å². The summed E-state index contributed by atoms with van der Waals surface area (Å²) in [6.07, 6.45) is 3.29. The average molecular weight is 286 g/mol. The van der Waals surface area contributed by atoms with E-state index in [-0.39, 0.29) is 5.78 Å². The molecular weight excluding hydrogens is 270 g/mol. The minimum absolute atomic E-state index is 0.0337. The third-order valence-corrected chi connectivity index (χ3v) is 3.31. The molecule has 0 spiro atoms. The van der Waals surface area contributed by atoms with Gasteiger partial charge in [0.05, 0.1) is 0 Å². The summed E-state index contributed by atoms with van der Waals surface area (Å²) in [5.41, 5.74) is 2.51. The maximum Gasteiger partial charge on any atom is 0.185 e. The van der Waals surface area contributed by atoms with E-state index in [1.807, 2.05) is 61.5 Å². The molecule has 0 bridgehead atoms. The first-order valence-electron chi connectivity index (χ1n) is 6.32. The maximum absolute atomic E-state index is 12.2. The van der Waals surface area contributed by atoms with Crippen LogP contribution in [0.15, 0.2) is 54.6 Å². The monoisotopic (exact) mass is 285 g/mol. The molecule has 0 radical (unpaired) electrons. The first-order valence-corrected chi connectivity index (χ1v) is 6.70. The summed E-state index contributed by atoms with van der Waals surface area (Å²) in [6, 6.07) is 15.0. The van der Waals surface area contributed by atoms with E-state index in [2.05, 4.69) is 0 Å². The van der Waals surface area contributed by atoms with Crippen molar-refractivity contribution in [2.24, 2.45) is 0 Å². The molecule has 0 heterocycles. The fourth-order valence-corrected chi connectivity index (χ4v) is 2.01. The number of hydrogen-bond acceptors (Lipinski definition) is 2. The van der Waals surface area contributed by atoms with Gasteiger partial charge in [-0.1, -0.05) is 41.9 Å². The number of halogens is 1. The molecule has 0 aliphatic heterocycles. The number of anilines is 1. The van der Waals surface area contributed by atoms with Crippen molar-refractivity contribution in [1.29, 1.82) is 0 Å². The third kappa shape index (κ3) is 3.49. The van der Waals surface area contributed by atoms with Crippen LogP contribution in [0.25, 0.3) is 6.08 Å². The van der Waals surface area contributed by atoms with E-state index in [0.717, 1.165) is 11.3 Å². The molecule has 2 nitrogen and oxygen atoms in total. The highest BCUT2D eigenvalue weighted by atomic mass is 35.5. The van der Waals surface area contributed by atoms with Crippen molar-refractivity contribution < 1.29 is 4.79 Å². The Hall–Kier alpha value is -2.06. The number of rotatable bonds is 4. The molecule has 2 rings (SSSR count). The smallest absolute Gasteiger partial charge is 0.185 e. The van der Waals surface area contributed by atoms with Crippen molar-refractivity contribution in [3.05, 3.63) is 70.8 Å². The minimum Gasteiger partial charge on any atom is -0.378 e. The van der Waals surface area contributed by atoms with E-state index in [4.69, 9.17) is 11.6 Å². The van der Waals surface area contributed by atoms with Crippen LogP contribution in [0, 0.1) is 0 Å². The normalized spacial score (nSPS) is 10.8. The zero-order valence-corrected chi connectivity index (χ0v) is 12.3. The second-order valence-electron chi connectivity index (χ2n) is 4.66. The van der Waals surface area contributed by atoms with Gasteiger partial charge in [-0.3, -0.25) is 4.79 Å². The summed E-state index contributed by atoms with van der Waals surface area (Å²) in [5, 5.41) is 0.638. The molecule has 0 fully saturated rings. The van der Waals surface area contributed by atoms with Crippen LogP contribution in [0.4, 0.5) is 5.69 Å². The van der Waals surface area contributed by atoms with Gasteiger partial charge >= 0.3 is 0 Å². The van der Waals surface area contributed by atoms with Gasteiger partial charge in [-0.2, -0.15) is 0 Å². The Labute approximate surface area is 124 Å². The van der Waals surface area contributed by atoms with Crippen LogP contribution in [0.5, 0.6) is 0 Å². The van der Waals surface area contributed by atoms with Crippen LogP contribution in [-0.2, 0) is 0 Å². The Morgan fingerprint density at radius 2 is 1.85 bits per heavy atom. The number of allylic oxidation sites excluding steroid dienone is 1. The van der Waals surface area contributed by atoms with Crippen LogP contribution in [0.3, 0.4) is 0 Å². The molecule has 0 aliphatic carbocycles. The molecule has 0 aliphatic rings. The Bertz CT molecular complexity index is 647. The Kier molecular flexibility index (Phi) is 4.59. The molecule has 0 N–H and O–H groups in total. The summed E-state index contributed by atoms with van der Waals surface area (Å²) in [7, 11) is 3.90. The van der Waals surface area contributed by atoms with E-state index in [0.29, 0.717) is 10.6 Å². The molecule has 0 atom stereocenters. The highest BCUT2D eigenvalue weighted by Crippen LogP contribution is 2.18. The van der Waals surface area contributed by atoms with Gasteiger partial charge in [0.25, 0.3) is 0 Å². The lowest BCUT2D eigenvalue weighted by atomic mass is 10.1. The van der Waals surface area contributed by atoms with Gasteiger partial charge in [-0.05, 0) is 35.9 Å².